The molecule has 3 N–H and O–H groups in total. The zero-order chi connectivity index (χ0) is 23.6. The molecular formula is C23H21N3O6S. The fourth-order valence-corrected chi connectivity index (χ4v) is 3.84. The van der Waals surface area contributed by atoms with Crippen LogP contribution in [0.2, 0.25) is 0 Å². The Labute approximate surface area is 189 Å². The molecule has 0 spiro atoms. The van der Waals surface area contributed by atoms with Crippen molar-refractivity contribution in [1.82, 2.24) is 9.97 Å². The Balaban J connectivity index is 1.70. The van der Waals surface area contributed by atoms with Gasteiger partial charge in [0.15, 0.2) is 11.5 Å². The van der Waals surface area contributed by atoms with Crippen molar-refractivity contribution in [1.29, 1.82) is 0 Å². The minimum absolute atomic E-state index is 0.0219. The molecule has 0 unspecified atom stereocenters. The number of H-pyrrole nitrogens is 2. The van der Waals surface area contributed by atoms with Crippen molar-refractivity contribution in [3.05, 3.63) is 82.5 Å². The molecule has 0 amide bonds. The number of aryl methyl sites for hydroxylation is 1. The number of aromatic nitrogens is 2. The lowest BCUT2D eigenvalue weighted by atomic mass is 10.2. The largest absolute Gasteiger partial charge is 0.453 e. The summed E-state index contributed by atoms with van der Waals surface area (Å²) in [6.45, 7) is 3.26. The summed E-state index contributed by atoms with van der Waals surface area (Å²) in [4.78, 5) is 30.8. The van der Waals surface area contributed by atoms with E-state index in [9.17, 15) is 18.0 Å². The lowest BCUT2D eigenvalue weighted by molar-refractivity contribution is 0.0724. The van der Waals surface area contributed by atoms with Crippen LogP contribution in [0, 0.1) is 6.92 Å². The second-order valence-corrected chi connectivity index (χ2v) is 9.24. The highest BCUT2D eigenvalue weighted by molar-refractivity contribution is 7.92. The average molecular weight is 468 g/mol. The molecular weight excluding hydrogens is 446 g/mol. The smallest absolute Gasteiger partial charge is 0.360 e. The first-order valence-corrected chi connectivity index (χ1v) is 11.7. The molecule has 0 aliphatic rings. The Morgan fingerprint density at radius 1 is 1.06 bits per heavy atom. The number of ether oxygens (including phenoxy) is 2. The maximum absolute atomic E-state index is 12.9. The highest BCUT2D eigenvalue weighted by Crippen LogP contribution is 2.35. The predicted molar refractivity (Wildman–Crippen MR) is 125 cm³/mol. The number of pyridine rings is 1. The minimum Gasteiger partial charge on any atom is -0.453 e. The Bertz CT molecular complexity index is 1490. The molecule has 33 heavy (non-hydrogen) atoms. The summed E-state index contributed by atoms with van der Waals surface area (Å²) in [5.41, 5.74) is 0.394. The Kier molecular flexibility index (Phi) is 5.93. The molecule has 4 rings (SSSR count). The molecule has 0 atom stereocenters. The van der Waals surface area contributed by atoms with Gasteiger partial charge in [-0.2, -0.15) is 0 Å². The molecule has 10 heteroatoms. The molecule has 170 valence electrons. The fourth-order valence-electron chi connectivity index (χ4n) is 3.21. The van der Waals surface area contributed by atoms with Gasteiger partial charge in [0, 0.05) is 23.3 Å². The molecule has 0 aliphatic heterocycles. The Morgan fingerprint density at radius 2 is 1.82 bits per heavy atom. The summed E-state index contributed by atoms with van der Waals surface area (Å²) < 4.78 is 37.7. The molecule has 0 fully saturated rings. The van der Waals surface area contributed by atoms with E-state index in [4.69, 9.17) is 9.47 Å². The van der Waals surface area contributed by atoms with E-state index in [1.165, 1.54) is 31.2 Å². The van der Waals surface area contributed by atoms with Gasteiger partial charge < -0.3 is 19.4 Å². The first-order valence-electron chi connectivity index (χ1n) is 10.1. The number of hydrogen-bond acceptors (Lipinski definition) is 6. The van der Waals surface area contributed by atoms with E-state index in [-0.39, 0.29) is 28.6 Å². The zero-order valence-electron chi connectivity index (χ0n) is 17.8. The number of hydrogen-bond donors (Lipinski definition) is 3. The molecule has 0 saturated carbocycles. The lowest BCUT2D eigenvalue weighted by Crippen LogP contribution is -2.18. The van der Waals surface area contributed by atoms with Crippen LogP contribution in [0.1, 0.15) is 23.1 Å². The number of anilines is 1. The topological polar surface area (TPSA) is 130 Å². The summed E-state index contributed by atoms with van der Waals surface area (Å²) in [7, 11) is -3.55. The standard InChI is InChI=1S/C23H21N3O6S/c1-3-33(29,30)26-16-9-10-19(31-17-7-5-4-6-8-17)20(12-16)32-23(28)18-11-15-13-24-14(2)21(15)22(27)25-18/h4-13,24,26H,3H2,1-2H3,(H,25,27). The van der Waals surface area contributed by atoms with Crippen molar-refractivity contribution in [2.75, 3.05) is 10.5 Å². The third kappa shape index (κ3) is 4.90. The van der Waals surface area contributed by atoms with Gasteiger partial charge in [-0.3, -0.25) is 9.52 Å². The van der Waals surface area contributed by atoms with Crippen molar-refractivity contribution in [2.24, 2.45) is 0 Å². The van der Waals surface area contributed by atoms with Gasteiger partial charge >= 0.3 is 5.97 Å². The molecule has 4 aromatic rings. The Hall–Kier alpha value is -4.05. The summed E-state index contributed by atoms with van der Waals surface area (Å²) in [5, 5.41) is 1.02. The Morgan fingerprint density at radius 3 is 2.55 bits per heavy atom. The molecule has 0 aliphatic carbocycles. The third-order valence-corrected chi connectivity index (χ3v) is 6.18. The van der Waals surface area contributed by atoms with Gasteiger partial charge in [0.05, 0.1) is 16.8 Å². The highest BCUT2D eigenvalue weighted by Gasteiger charge is 2.18. The second-order valence-electron chi connectivity index (χ2n) is 7.23. The summed E-state index contributed by atoms with van der Waals surface area (Å²) in [6, 6.07) is 14.7. The summed E-state index contributed by atoms with van der Waals surface area (Å²) >= 11 is 0. The normalized spacial score (nSPS) is 11.3. The van der Waals surface area contributed by atoms with Crippen LogP contribution >= 0.6 is 0 Å². The quantitative estimate of drug-likeness (QED) is 0.279. The number of para-hydroxylation sites is 1. The molecule has 0 saturated heterocycles. The number of carbonyl (C=O) groups excluding carboxylic acids is 1. The van der Waals surface area contributed by atoms with E-state index in [2.05, 4.69) is 14.7 Å². The van der Waals surface area contributed by atoms with Gasteiger partial charge in [0.2, 0.25) is 10.0 Å². The van der Waals surface area contributed by atoms with Gasteiger partial charge in [-0.15, -0.1) is 0 Å². The predicted octanol–water partition coefficient (Wildman–Crippen LogP) is 3.94. The number of rotatable bonds is 7. The monoisotopic (exact) mass is 467 g/mol. The van der Waals surface area contributed by atoms with Crippen molar-refractivity contribution in [2.45, 2.75) is 13.8 Å². The van der Waals surface area contributed by atoms with E-state index in [1.807, 2.05) is 6.07 Å². The minimum atomic E-state index is -3.55. The number of nitrogens with one attached hydrogen (secondary N) is 3. The molecule has 2 heterocycles. The van der Waals surface area contributed by atoms with Crippen LogP contribution in [0.5, 0.6) is 17.2 Å². The van der Waals surface area contributed by atoms with Crippen molar-refractivity contribution >= 4 is 32.5 Å². The summed E-state index contributed by atoms with van der Waals surface area (Å²) in [5.74, 6) is -0.293. The molecule has 9 nitrogen and oxygen atoms in total. The van der Waals surface area contributed by atoms with Crippen molar-refractivity contribution < 1.29 is 22.7 Å². The molecule has 0 bridgehead atoms. The van der Waals surface area contributed by atoms with Crippen LogP contribution in [-0.2, 0) is 10.0 Å². The number of carbonyl (C=O) groups is 1. The van der Waals surface area contributed by atoms with E-state index >= 15 is 0 Å². The second kappa shape index (κ2) is 8.83. The van der Waals surface area contributed by atoms with Crippen molar-refractivity contribution in [3.8, 4) is 17.2 Å². The number of sulfonamides is 1. The van der Waals surface area contributed by atoms with Crippen LogP contribution in [0.15, 0.2) is 65.6 Å². The SMILES string of the molecule is CCS(=O)(=O)Nc1ccc(Oc2ccccc2)c(OC(=O)c2cc3c[nH]c(C)c3c(=O)[nH]2)c1. The molecule has 2 aromatic carbocycles. The van der Waals surface area contributed by atoms with Gasteiger partial charge in [0.1, 0.15) is 11.4 Å². The van der Waals surface area contributed by atoms with Crippen LogP contribution in [0.3, 0.4) is 0 Å². The number of fused-ring (bicyclic) bond motifs is 1. The molecule has 2 aromatic heterocycles. The van der Waals surface area contributed by atoms with Gasteiger partial charge in [-0.1, -0.05) is 18.2 Å². The number of aromatic amines is 2. The lowest BCUT2D eigenvalue weighted by Gasteiger charge is -2.14. The van der Waals surface area contributed by atoms with Crippen LogP contribution in [0.4, 0.5) is 5.69 Å². The first-order chi connectivity index (χ1) is 15.8. The van der Waals surface area contributed by atoms with Gasteiger partial charge in [0.25, 0.3) is 5.56 Å². The van der Waals surface area contributed by atoms with E-state index in [0.29, 0.717) is 22.2 Å². The van der Waals surface area contributed by atoms with Gasteiger partial charge in [-0.05, 0) is 44.2 Å². The maximum atomic E-state index is 12.9. The van der Waals surface area contributed by atoms with Crippen molar-refractivity contribution in [3.63, 3.8) is 0 Å². The third-order valence-electron chi connectivity index (χ3n) is 4.87. The zero-order valence-corrected chi connectivity index (χ0v) is 18.7. The average Bonchev–Trinajstić information content (AvgIpc) is 3.17. The first kappa shape index (κ1) is 22.2. The van der Waals surface area contributed by atoms with Crippen LogP contribution < -0.4 is 19.8 Å². The van der Waals surface area contributed by atoms with E-state index in [0.717, 1.165) is 0 Å². The van der Waals surface area contributed by atoms with Gasteiger partial charge in [-0.25, -0.2) is 13.2 Å². The number of esters is 1. The van der Waals surface area contributed by atoms with Crippen LogP contribution in [-0.4, -0.2) is 30.1 Å². The van der Waals surface area contributed by atoms with E-state index in [1.54, 1.807) is 37.4 Å². The van der Waals surface area contributed by atoms with Crippen LogP contribution in [0.25, 0.3) is 10.8 Å². The number of benzene rings is 2. The van der Waals surface area contributed by atoms with E-state index < -0.39 is 21.6 Å². The highest BCUT2D eigenvalue weighted by atomic mass is 32.2. The fraction of sp³-hybridized carbons (Fsp3) is 0.130. The molecule has 0 radical (unpaired) electrons. The maximum Gasteiger partial charge on any atom is 0.360 e. The summed E-state index contributed by atoms with van der Waals surface area (Å²) in [6.07, 6.45) is 1.63.